The lowest BCUT2D eigenvalue weighted by molar-refractivity contribution is -0.153. The van der Waals surface area contributed by atoms with Crippen molar-refractivity contribution in [3.05, 3.63) is 23.8 Å². The number of amides is 1. The maximum Gasteiger partial charge on any atom is 0.422 e. The van der Waals surface area contributed by atoms with Gasteiger partial charge in [-0.15, -0.1) is 0 Å². The lowest BCUT2D eigenvalue weighted by Gasteiger charge is -2.32. The predicted molar refractivity (Wildman–Crippen MR) is 96.1 cm³/mol. The van der Waals surface area contributed by atoms with E-state index in [0.29, 0.717) is 18.8 Å². The summed E-state index contributed by atoms with van der Waals surface area (Å²) in [4.78, 5) is 14.3. The predicted octanol–water partition coefficient (Wildman–Crippen LogP) is 3.03. The summed E-state index contributed by atoms with van der Waals surface area (Å²) >= 11 is 0. The largest absolute Gasteiger partial charge is 0.493 e. The summed E-state index contributed by atoms with van der Waals surface area (Å²) in [6.07, 6.45) is -1.53. The number of aryl methyl sites for hydroxylation is 1. The van der Waals surface area contributed by atoms with Gasteiger partial charge in [0.2, 0.25) is 5.91 Å². The molecule has 1 heterocycles. The zero-order valence-corrected chi connectivity index (χ0v) is 15.8. The maximum atomic E-state index is 12.4. The molecular weight excluding hydrogens is 361 g/mol. The Morgan fingerprint density at radius 1 is 1.26 bits per heavy atom. The number of ether oxygens (including phenoxy) is 2. The number of nitrogens with zero attached hydrogens (tertiary/aromatic N) is 1. The fraction of sp³-hybridized carbons (Fsp3) is 0.632. The highest BCUT2D eigenvalue weighted by molar-refractivity contribution is 5.76. The van der Waals surface area contributed by atoms with Crippen molar-refractivity contribution in [3.63, 3.8) is 0 Å². The first-order valence-corrected chi connectivity index (χ1v) is 9.11. The summed E-state index contributed by atoms with van der Waals surface area (Å²) in [5, 5.41) is 3.17. The third kappa shape index (κ3) is 6.93. The molecule has 0 bridgehead atoms. The van der Waals surface area contributed by atoms with Gasteiger partial charge in [0.1, 0.15) is 0 Å². The molecule has 1 aliphatic rings. The van der Waals surface area contributed by atoms with Crippen LogP contribution in [0.25, 0.3) is 0 Å². The van der Waals surface area contributed by atoms with E-state index in [9.17, 15) is 18.0 Å². The second-order valence-electron chi connectivity index (χ2n) is 6.77. The van der Waals surface area contributed by atoms with E-state index in [4.69, 9.17) is 9.47 Å². The molecule has 0 unspecified atom stereocenters. The third-order valence-electron chi connectivity index (χ3n) is 4.71. The number of piperidine rings is 1. The Bertz CT molecular complexity index is 615. The zero-order chi connectivity index (χ0) is 19.9. The number of hydrogen-bond acceptors (Lipinski definition) is 4. The van der Waals surface area contributed by atoms with Crippen molar-refractivity contribution in [1.29, 1.82) is 0 Å². The Hall–Kier alpha value is -1.96. The third-order valence-corrected chi connectivity index (χ3v) is 4.71. The molecular formula is C19H27F3N2O3. The minimum atomic E-state index is -4.41. The van der Waals surface area contributed by atoms with E-state index in [1.54, 1.807) is 12.1 Å². The van der Waals surface area contributed by atoms with Crippen LogP contribution >= 0.6 is 0 Å². The SMILES string of the molecule is CNCC1CCN(C(=O)CCc2ccc(OCC(F)(F)F)c(OC)c2)CC1. The van der Waals surface area contributed by atoms with Gasteiger partial charge in [0, 0.05) is 19.5 Å². The quantitative estimate of drug-likeness (QED) is 0.744. The molecule has 0 aliphatic carbocycles. The molecule has 1 amide bonds. The maximum absolute atomic E-state index is 12.4. The Labute approximate surface area is 157 Å². The molecule has 1 fully saturated rings. The fourth-order valence-electron chi connectivity index (χ4n) is 3.23. The van der Waals surface area contributed by atoms with Gasteiger partial charge in [0.25, 0.3) is 0 Å². The molecule has 5 nitrogen and oxygen atoms in total. The van der Waals surface area contributed by atoms with Crippen LogP contribution in [0.2, 0.25) is 0 Å². The van der Waals surface area contributed by atoms with E-state index in [1.165, 1.54) is 13.2 Å². The first-order chi connectivity index (χ1) is 12.8. The number of likely N-dealkylation sites (tertiary alicyclic amines) is 1. The van der Waals surface area contributed by atoms with Gasteiger partial charge in [-0.1, -0.05) is 6.07 Å². The molecule has 152 valence electrons. The molecule has 27 heavy (non-hydrogen) atoms. The Morgan fingerprint density at radius 3 is 2.56 bits per heavy atom. The highest BCUT2D eigenvalue weighted by atomic mass is 19.4. The Kier molecular flexibility index (Phi) is 7.77. The highest BCUT2D eigenvalue weighted by Gasteiger charge is 2.29. The highest BCUT2D eigenvalue weighted by Crippen LogP contribution is 2.30. The monoisotopic (exact) mass is 388 g/mol. The molecule has 0 atom stereocenters. The lowest BCUT2D eigenvalue weighted by Crippen LogP contribution is -2.40. The Balaban J connectivity index is 1.85. The van der Waals surface area contributed by atoms with Gasteiger partial charge in [-0.2, -0.15) is 13.2 Å². The van der Waals surface area contributed by atoms with Crippen molar-refractivity contribution < 1.29 is 27.4 Å². The number of nitrogens with one attached hydrogen (secondary N) is 1. The Morgan fingerprint density at radius 2 is 1.96 bits per heavy atom. The van der Waals surface area contributed by atoms with Crippen LogP contribution in [0.15, 0.2) is 18.2 Å². The molecule has 1 saturated heterocycles. The van der Waals surface area contributed by atoms with E-state index in [1.807, 2.05) is 11.9 Å². The first-order valence-electron chi connectivity index (χ1n) is 9.11. The van der Waals surface area contributed by atoms with Crippen LogP contribution in [-0.2, 0) is 11.2 Å². The number of hydrogen-bond donors (Lipinski definition) is 1. The number of rotatable bonds is 8. The molecule has 1 aliphatic heterocycles. The smallest absolute Gasteiger partial charge is 0.422 e. The number of halogens is 3. The molecule has 0 spiro atoms. The normalized spacial score (nSPS) is 15.7. The van der Waals surface area contributed by atoms with Gasteiger partial charge in [0.15, 0.2) is 18.1 Å². The molecule has 0 radical (unpaired) electrons. The summed E-state index contributed by atoms with van der Waals surface area (Å²) in [7, 11) is 3.31. The summed E-state index contributed by atoms with van der Waals surface area (Å²) in [6, 6.07) is 4.74. The average molecular weight is 388 g/mol. The average Bonchev–Trinajstić information content (AvgIpc) is 2.65. The van der Waals surface area contributed by atoms with Crippen molar-refractivity contribution in [3.8, 4) is 11.5 Å². The van der Waals surface area contributed by atoms with Gasteiger partial charge in [-0.25, -0.2) is 0 Å². The van der Waals surface area contributed by atoms with Crippen molar-refractivity contribution >= 4 is 5.91 Å². The van der Waals surface area contributed by atoms with Crippen molar-refractivity contribution in [2.45, 2.75) is 31.9 Å². The summed E-state index contributed by atoms with van der Waals surface area (Å²) < 4.78 is 46.8. The molecule has 2 rings (SSSR count). The lowest BCUT2D eigenvalue weighted by atomic mass is 9.96. The zero-order valence-electron chi connectivity index (χ0n) is 15.8. The van der Waals surface area contributed by atoms with E-state index < -0.39 is 12.8 Å². The molecule has 8 heteroatoms. The second kappa shape index (κ2) is 9.82. The molecule has 1 aromatic rings. The van der Waals surface area contributed by atoms with Crippen LogP contribution in [0.3, 0.4) is 0 Å². The van der Waals surface area contributed by atoms with Gasteiger partial charge < -0.3 is 19.7 Å². The number of benzene rings is 1. The van der Waals surface area contributed by atoms with Crippen molar-refractivity contribution in [2.75, 3.05) is 40.4 Å². The number of carbonyl (C=O) groups is 1. The van der Waals surface area contributed by atoms with Crippen LogP contribution in [0, 0.1) is 5.92 Å². The van der Waals surface area contributed by atoms with Gasteiger partial charge in [0.05, 0.1) is 7.11 Å². The van der Waals surface area contributed by atoms with Gasteiger partial charge in [-0.3, -0.25) is 4.79 Å². The van der Waals surface area contributed by atoms with Crippen LogP contribution < -0.4 is 14.8 Å². The van der Waals surface area contributed by atoms with Crippen LogP contribution in [-0.4, -0.2) is 57.4 Å². The molecule has 1 aromatic carbocycles. The standard InChI is InChI=1S/C19H27F3N2O3/c1-23-12-15-7-9-24(10-8-15)18(25)6-4-14-3-5-16(17(11-14)26-2)27-13-19(20,21)22/h3,5,11,15,23H,4,6-10,12-13H2,1-2H3. The number of methoxy groups -OCH3 is 1. The number of carbonyl (C=O) groups excluding carboxylic acids is 1. The molecule has 0 saturated carbocycles. The van der Waals surface area contributed by atoms with E-state index >= 15 is 0 Å². The van der Waals surface area contributed by atoms with Crippen LogP contribution in [0.4, 0.5) is 13.2 Å². The second-order valence-corrected chi connectivity index (χ2v) is 6.77. The van der Waals surface area contributed by atoms with Crippen LogP contribution in [0.1, 0.15) is 24.8 Å². The first kappa shape index (κ1) is 21.3. The fourth-order valence-corrected chi connectivity index (χ4v) is 3.23. The van der Waals surface area contributed by atoms with Crippen molar-refractivity contribution in [2.24, 2.45) is 5.92 Å². The van der Waals surface area contributed by atoms with E-state index in [0.717, 1.165) is 38.0 Å². The van der Waals surface area contributed by atoms with Gasteiger partial charge >= 0.3 is 6.18 Å². The van der Waals surface area contributed by atoms with Crippen molar-refractivity contribution in [1.82, 2.24) is 10.2 Å². The summed E-state index contributed by atoms with van der Waals surface area (Å²) in [6.45, 7) is 1.16. The van der Waals surface area contributed by atoms with E-state index in [-0.39, 0.29) is 17.4 Å². The molecule has 0 aromatic heterocycles. The topological polar surface area (TPSA) is 50.8 Å². The summed E-state index contributed by atoms with van der Waals surface area (Å²) in [5.74, 6) is 0.996. The molecule has 1 N–H and O–H groups in total. The minimum absolute atomic E-state index is 0.0384. The van der Waals surface area contributed by atoms with Gasteiger partial charge in [-0.05, 0) is 56.5 Å². The number of alkyl halides is 3. The van der Waals surface area contributed by atoms with E-state index in [2.05, 4.69) is 5.32 Å². The summed E-state index contributed by atoms with van der Waals surface area (Å²) in [5.41, 5.74) is 0.824. The van der Waals surface area contributed by atoms with Crippen LogP contribution in [0.5, 0.6) is 11.5 Å². The minimum Gasteiger partial charge on any atom is -0.493 e.